The third kappa shape index (κ3) is 5.32. The van der Waals surface area contributed by atoms with Crippen LogP contribution in [0.2, 0.25) is 0 Å². The predicted molar refractivity (Wildman–Crippen MR) is 78.3 cm³/mol. The first-order chi connectivity index (χ1) is 8.00. The number of nitrogens with zero attached hydrogens (tertiary/aromatic N) is 2. The lowest BCUT2D eigenvalue weighted by Crippen LogP contribution is -2.39. The highest BCUT2D eigenvalue weighted by atomic mass is 32.1. The minimum atomic E-state index is 0.319. The minimum Gasteiger partial charge on any atom is -0.393 e. The van der Waals surface area contributed by atoms with E-state index in [2.05, 4.69) is 30.8 Å². The fraction of sp³-hybridized carbons (Fsp3) is 0.923. The Bertz CT molecular complexity index is 245. The van der Waals surface area contributed by atoms with Crippen molar-refractivity contribution in [2.75, 3.05) is 33.7 Å². The van der Waals surface area contributed by atoms with Crippen molar-refractivity contribution in [3.8, 4) is 0 Å². The summed E-state index contributed by atoms with van der Waals surface area (Å²) in [7, 11) is 4.42. The van der Waals surface area contributed by atoms with E-state index in [1.807, 2.05) is 0 Å². The van der Waals surface area contributed by atoms with Gasteiger partial charge in [-0.25, -0.2) is 0 Å². The smallest absolute Gasteiger partial charge is 0.0768 e. The van der Waals surface area contributed by atoms with Crippen LogP contribution in [-0.2, 0) is 0 Å². The van der Waals surface area contributed by atoms with E-state index in [1.165, 1.54) is 32.2 Å². The van der Waals surface area contributed by atoms with Crippen molar-refractivity contribution in [3.63, 3.8) is 0 Å². The first kappa shape index (κ1) is 14.9. The molecular weight excluding hydrogens is 230 g/mol. The zero-order valence-corrected chi connectivity index (χ0v) is 12.3. The Morgan fingerprint density at radius 3 is 2.82 bits per heavy atom. The third-order valence-electron chi connectivity index (χ3n) is 3.84. The van der Waals surface area contributed by atoms with E-state index in [-0.39, 0.29) is 0 Å². The van der Waals surface area contributed by atoms with Gasteiger partial charge < -0.3 is 15.5 Å². The van der Waals surface area contributed by atoms with Crippen LogP contribution in [0.25, 0.3) is 0 Å². The van der Waals surface area contributed by atoms with Crippen molar-refractivity contribution >= 4 is 17.2 Å². The Kier molecular flexibility index (Phi) is 6.38. The molecule has 17 heavy (non-hydrogen) atoms. The molecule has 1 fully saturated rings. The predicted octanol–water partition coefficient (Wildman–Crippen LogP) is 1.71. The van der Waals surface area contributed by atoms with Crippen molar-refractivity contribution in [2.24, 2.45) is 11.7 Å². The van der Waals surface area contributed by atoms with E-state index in [4.69, 9.17) is 18.0 Å². The van der Waals surface area contributed by atoms with Crippen LogP contribution in [0.5, 0.6) is 0 Å². The Morgan fingerprint density at radius 2 is 2.24 bits per heavy atom. The maximum absolute atomic E-state index is 5.64. The molecule has 1 heterocycles. The fourth-order valence-corrected chi connectivity index (χ4v) is 2.60. The summed E-state index contributed by atoms with van der Waals surface area (Å²) < 4.78 is 0. The lowest BCUT2D eigenvalue weighted by molar-refractivity contribution is 0.159. The molecule has 2 atom stereocenters. The monoisotopic (exact) mass is 257 g/mol. The molecule has 100 valence electrons. The molecule has 0 bridgehead atoms. The Hall–Kier alpha value is -0.190. The largest absolute Gasteiger partial charge is 0.393 e. The van der Waals surface area contributed by atoms with Crippen LogP contribution in [0.3, 0.4) is 0 Å². The molecule has 1 rings (SSSR count). The van der Waals surface area contributed by atoms with Crippen LogP contribution in [0.1, 0.15) is 32.6 Å². The topological polar surface area (TPSA) is 32.5 Å². The zero-order chi connectivity index (χ0) is 12.8. The summed E-state index contributed by atoms with van der Waals surface area (Å²) in [5.74, 6) is 0.319. The normalized spacial score (nSPS) is 23.9. The fourth-order valence-electron chi connectivity index (χ4n) is 2.53. The van der Waals surface area contributed by atoms with E-state index >= 15 is 0 Å². The number of rotatable bonds is 6. The second-order valence-corrected chi connectivity index (χ2v) is 5.96. The summed E-state index contributed by atoms with van der Waals surface area (Å²) in [6.45, 7) is 5.48. The highest BCUT2D eigenvalue weighted by Crippen LogP contribution is 2.17. The number of nitrogens with two attached hydrogens (primary N) is 1. The highest BCUT2D eigenvalue weighted by molar-refractivity contribution is 7.80. The second-order valence-electron chi connectivity index (χ2n) is 5.48. The molecular formula is C13H27N3S. The molecule has 0 radical (unpaired) electrons. The molecule has 2 N–H and O–H groups in total. The molecule has 0 aliphatic carbocycles. The Labute approximate surface area is 111 Å². The summed E-state index contributed by atoms with van der Waals surface area (Å²) in [5, 5.41) is 0. The molecule has 0 amide bonds. The molecule has 1 saturated heterocycles. The standard InChI is InChI=1S/C13H27N3S/c1-11(13(14)17)10-15(2)9-7-12-6-4-5-8-16(12)3/h11-12H,4-10H2,1-3H3,(H2,14,17). The summed E-state index contributed by atoms with van der Waals surface area (Å²) in [4.78, 5) is 5.49. The highest BCUT2D eigenvalue weighted by Gasteiger charge is 2.19. The molecule has 0 aromatic heterocycles. The van der Waals surface area contributed by atoms with Crippen molar-refractivity contribution < 1.29 is 0 Å². The van der Waals surface area contributed by atoms with Gasteiger partial charge in [-0.05, 0) is 46.4 Å². The number of hydrogen-bond donors (Lipinski definition) is 1. The first-order valence-electron chi connectivity index (χ1n) is 6.68. The zero-order valence-electron chi connectivity index (χ0n) is 11.5. The molecule has 1 aliphatic heterocycles. The van der Waals surface area contributed by atoms with Gasteiger partial charge in [-0.15, -0.1) is 0 Å². The van der Waals surface area contributed by atoms with Crippen molar-refractivity contribution in [2.45, 2.75) is 38.6 Å². The van der Waals surface area contributed by atoms with Gasteiger partial charge in [0.2, 0.25) is 0 Å². The summed E-state index contributed by atoms with van der Waals surface area (Å²) in [6.07, 6.45) is 5.37. The van der Waals surface area contributed by atoms with Crippen LogP contribution >= 0.6 is 12.2 Å². The van der Waals surface area contributed by atoms with Gasteiger partial charge in [0.15, 0.2) is 0 Å². The minimum absolute atomic E-state index is 0.319. The lowest BCUT2D eigenvalue weighted by Gasteiger charge is -2.33. The van der Waals surface area contributed by atoms with Crippen molar-refractivity contribution in [1.82, 2.24) is 9.80 Å². The van der Waals surface area contributed by atoms with Gasteiger partial charge in [-0.1, -0.05) is 25.6 Å². The van der Waals surface area contributed by atoms with E-state index < -0.39 is 0 Å². The molecule has 3 nitrogen and oxygen atoms in total. The van der Waals surface area contributed by atoms with Gasteiger partial charge in [-0.2, -0.15) is 0 Å². The van der Waals surface area contributed by atoms with Crippen LogP contribution in [0.15, 0.2) is 0 Å². The van der Waals surface area contributed by atoms with Crippen LogP contribution in [0.4, 0.5) is 0 Å². The van der Waals surface area contributed by atoms with Crippen LogP contribution in [0, 0.1) is 5.92 Å². The number of piperidine rings is 1. The first-order valence-corrected chi connectivity index (χ1v) is 7.09. The van der Waals surface area contributed by atoms with Crippen LogP contribution < -0.4 is 5.73 Å². The number of hydrogen-bond acceptors (Lipinski definition) is 3. The number of likely N-dealkylation sites (tertiary alicyclic amines) is 1. The summed E-state index contributed by atoms with van der Waals surface area (Å²) in [5.41, 5.74) is 5.64. The molecule has 1 aliphatic rings. The van der Waals surface area contributed by atoms with E-state index in [0.29, 0.717) is 10.9 Å². The van der Waals surface area contributed by atoms with E-state index in [9.17, 15) is 0 Å². The van der Waals surface area contributed by atoms with Crippen molar-refractivity contribution in [1.29, 1.82) is 0 Å². The van der Waals surface area contributed by atoms with Gasteiger partial charge in [0.1, 0.15) is 0 Å². The van der Waals surface area contributed by atoms with Gasteiger partial charge in [0, 0.05) is 18.5 Å². The molecule has 0 spiro atoms. The average Bonchev–Trinajstić information content (AvgIpc) is 2.27. The number of thiocarbonyl (C=S) groups is 1. The van der Waals surface area contributed by atoms with Gasteiger partial charge >= 0.3 is 0 Å². The average molecular weight is 257 g/mol. The second kappa shape index (κ2) is 7.29. The molecule has 0 saturated carbocycles. The van der Waals surface area contributed by atoms with E-state index in [1.54, 1.807) is 0 Å². The Morgan fingerprint density at radius 1 is 1.53 bits per heavy atom. The van der Waals surface area contributed by atoms with Crippen LogP contribution in [-0.4, -0.2) is 54.6 Å². The molecule has 4 heteroatoms. The SMILES string of the molecule is CC(CN(C)CCC1CCCCN1C)C(N)=S. The molecule has 0 aromatic carbocycles. The molecule has 0 aromatic rings. The summed E-state index contributed by atoms with van der Waals surface area (Å²) in [6, 6.07) is 0.770. The Balaban J connectivity index is 2.22. The van der Waals surface area contributed by atoms with Crippen molar-refractivity contribution in [3.05, 3.63) is 0 Å². The van der Waals surface area contributed by atoms with Gasteiger partial charge in [0.25, 0.3) is 0 Å². The van der Waals surface area contributed by atoms with Gasteiger partial charge in [-0.3, -0.25) is 0 Å². The quantitative estimate of drug-likeness (QED) is 0.734. The maximum Gasteiger partial charge on any atom is 0.0768 e. The third-order valence-corrected chi connectivity index (χ3v) is 4.24. The summed E-state index contributed by atoms with van der Waals surface area (Å²) >= 11 is 5.01. The van der Waals surface area contributed by atoms with E-state index in [0.717, 1.165) is 19.1 Å². The van der Waals surface area contributed by atoms with Gasteiger partial charge in [0.05, 0.1) is 4.99 Å². The molecule has 2 unspecified atom stereocenters. The lowest BCUT2D eigenvalue weighted by atomic mass is 10.00. The maximum atomic E-state index is 5.64.